The van der Waals surface area contributed by atoms with Gasteiger partial charge in [-0.2, -0.15) is 5.10 Å². The number of nitrogens with one attached hydrogen (secondary N) is 1. The summed E-state index contributed by atoms with van der Waals surface area (Å²) in [6.45, 7) is 10.7. The number of hydrogen-bond acceptors (Lipinski definition) is 3. The van der Waals surface area contributed by atoms with Crippen LogP contribution in [0.15, 0.2) is 35.4 Å². The predicted octanol–water partition coefficient (Wildman–Crippen LogP) is 3.37. The predicted molar refractivity (Wildman–Crippen MR) is 91.9 cm³/mol. The Morgan fingerprint density at radius 1 is 1.17 bits per heavy atom. The molecule has 6 heteroatoms. The minimum Gasteiger partial charge on any atom is -0.270 e. The average molecular weight is 335 g/mol. The van der Waals surface area contributed by atoms with Gasteiger partial charge in [-0.3, -0.25) is 4.68 Å². The summed E-state index contributed by atoms with van der Waals surface area (Å²) in [5, 5.41) is 4.27. The molecule has 0 saturated carbocycles. The van der Waals surface area contributed by atoms with Crippen LogP contribution in [-0.2, 0) is 16.6 Å². The Balaban J connectivity index is 2.21. The zero-order chi connectivity index (χ0) is 17.2. The normalized spacial score (nSPS) is 13.5. The monoisotopic (exact) mass is 335 g/mol. The molecule has 1 aromatic heterocycles. The van der Waals surface area contributed by atoms with Gasteiger partial charge in [0.05, 0.1) is 11.1 Å². The first-order chi connectivity index (χ1) is 10.8. The second kappa shape index (κ2) is 6.84. The van der Waals surface area contributed by atoms with E-state index in [4.69, 9.17) is 0 Å². The highest BCUT2D eigenvalue weighted by molar-refractivity contribution is 7.89. The number of aryl methyl sites for hydroxylation is 1. The van der Waals surface area contributed by atoms with E-state index < -0.39 is 10.0 Å². The van der Waals surface area contributed by atoms with E-state index in [9.17, 15) is 8.42 Å². The van der Waals surface area contributed by atoms with Gasteiger partial charge in [-0.05, 0) is 44.4 Å². The van der Waals surface area contributed by atoms with Gasteiger partial charge in [-0.15, -0.1) is 0 Å². The van der Waals surface area contributed by atoms with Crippen LogP contribution in [0, 0.1) is 6.92 Å². The van der Waals surface area contributed by atoms with Crippen molar-refractivity contribution in [2.24, 2.45) is 0 Å². The number of aromatic nitrogens is 2. The molecular weight excluding hydrogens is 310 g/mol. The molecule has 2 rings (SSSR count). The molecule has 1 N–H and O–H groups in total. The molecule has 1 atom stereocenters. The summed E-state index contributed by atoms with van der Waals surface area (Å²) in [5.41, 5.74) is 3.00. The van der Waals surface area contributed by atoms with Crippen molar-refractivity contribution in [2.45, 2.75) is 58.0 Å². The van der Waals surface area contributed by atoms with E-state index in [1.165, 1.54) is 0 Å². The van der Waals surface area contributed by atoms with Crippen LogP contribution >= 0.6 is 0 Å². The van der Waals surface area contributed by atoms with E-state index in [1.54, 1.807) is 18.3 Å². The Kier molecular flexibility index (Phi) is 5.26. The lowest BCUT2D eigenvalue weighted by Gasteiger charge is -2.15. The van der Waals surface area contributed by atoms with Crippen molar-refractivity contribution in [1.29, 1.82) is 0 Å². The van der Waals surface area contributed by atoms with Crippen LogP contribution in [-0.4, -0.2) is 18.2 Å². The molecule has 1 aromatic carbocycles. The van der Waals surface area contributed by atoms with E-state index in [-0.39, 0.29) is 10.9 Å². The number of benzene rings is 1. The topological polar surface area (TPSA) is 64.0 Å². The summed E-state index contributed by atoms with van der Waals surface area (Å²) >= 11 is 0. The third-order valence-corrected chi connectivity index (χ3v) is 5.65. The van der Waals surface area contributed by atoms with Crippen LogP contribution in [0.25, 0.3) is 0 Å². The van der Waals surface area contributed by atoms with Gasteiger partial charge >= 0.3 is 0 Å². The summed E-state index contributed by atoms with van der Waals surface area (Å²) in [6, 6.07) is 6.72. The van der Waals surface area contributed by atoms with E-state index >= 15 is 0 Å². The molecule has 0 aliphatic rings. The standard InChI is InChI=1S/C17H25N3O2S/c1-6-20-14(5)17(11-18-20)13(4)19-23(21,22)16-9-7-15(8-10-16)12(2)3/h7-13,19H,6H2,1-5H3. The Labute approximate surface area is 138 Å². The van der Waals surface area contributed by atoms with Gasteiger partial charge in [-0.25, -0.2) is 13.1 Å². The van der Waals surface area contributed by atoms with Crippen LogP contribution in [0.3, 0.4) is 0 Å². The van der Waals surface area contributed by atoms with Crippen molar-refractivity contribution in [3.63, 3.8) is 0 Å². The fourth-order valence-electron chi connectivity index (χ4n) is 2.60. The highest BCUT2D eigenvalue weighted by atomic mass is 32.2. The first kappa shape index (κ1) is 17.7. The zero-order valence-electron chi connectivity index (χ0n) is 14.4. The van der Waals surface area contributed by atoms with Gasteiger partial charge in [0, 0.05) is 23.8 Å². The van der Waals surface area contributed by atoms with E-state index in [0.717, 1.165) is 23.4 Å². The fourth-order valence-corrected chi connectivity index (χ4v) is 3.82. The lowest BCUT2D eigenvalue weighted by molar-refractivity contribution is 0.565. The van der Waals surface area contributed by atoms with Crippen molar-refractivity contribution in [2.75, 3.05) is 0 Å². The van der Waals surface area contributed by atoms with Gasteiger partial charge in [0.1, 0.15) is 0 Å². The van der Waals surface area contributed by atoms with E-state index in [1.807, 2.05) is 37.6 Å². The molecule has 0 amide bonds. The largest absolute Gasteiger partial charge is 0.270 e. The van der Waals surface area contributed by atoms with E-state index in [2.05, 4.69) is 23.7 Å². The summed E-state index contributed by atoms with van der Waals surface area (Å²) in [4.78, 5) is 0.286. The van der Waals surface area contributed by atoms with Gasteiger partial charge in [0.25, 0.3) is 0 Å². The molecule has 0 fully saturated rings. The summed E-state index contributed by atoms with van der Waals surface area (Å²) in [5.74, 6) is 0.376. The molecule has 0 saturated heterocycles. The molecule has 0 aliphatic carbocycles. The molecule has 23 heavy (non-hydrogen) atoms. The highest BCUT2D eigenvalue weighted by Gasteiger charge is 2.21. The number of nitrogens with zero attached hydrogens (tertiary/aromatic N) is 2. The second-order valence-corrected chi connectivity index (χ2v) is 7.78. The molecule has 1 heterocycles. The maximum atomic E-state index is 12.5. The summed E-state index contributed by atoms with van der Waals surface area (Å²) < 4.78 is 29.7. The van der Waals surface area contributed by atoms with Crippen molar-refractivity contribution in [1.82, 2.24) is 14.5 Å². The molecule has 0 radical (unpaired) electrons. The lowest BCUT2D eigenvalue weighted by Crippen LogP contribution is -2.27. The average Bonchev–Trinajstić information content (AvgIpc) is 2.87. The molecule has 0 spiro atoms. The van der Waals surface area contributed by atoms with E-state index in [0.29, 0.717) is 5.92 Å². The van der Waals surface area contributed by atoms with Crippen LogP contribution in [0.5, 0.6) is 0 Å². The fraction of sp³-hybridized carbons (Fsp3) is 0.471. The molecule has 5 nitrogen and oxygen atoms in total. The van der Waals surface area contributed by atoms with Crippen LogP contribution in [0.1, 0.15) is 56.5 Å². The maximum absolute atomic E-state index is 12.5. The second-order valence-electron chi connectivity index (χ2n) is 6.07. The summed E-state index contributed by atoms with van der Waals surface area (Å²) in [6.07, 6.45) is 1.73. The van der Waals surface area contributed by atoms with Crippen LogP contribution < -0.4 is 4.72 Å². The first-order valence-corrected chi connectivity index (χ1v) is 9.39. The van der Waals surface area contributed by atoms with Crippen LogP contribution in [0.4, 0.5) is 0 Å². The Morgan fingerprint density at radius 3 is 2.26 bits per heavy atom. The lowest BCUT2D eigenvalue weighted by atomic mass is 10.0. The SMILES string of the molecule is CCn1ncc(C(C)NS(=O)(=O)c2ccc(C(C)C)cc2)c1C. The minimum absolute atomic E-state index is 0.286. The van der Waals surface area contributed by atoms with Crippen molar-refractivity contribution in [3.05, 3.63) is 47.3 Å². The third-order valence-electron chi connectivity index (χ3n) is 4.10. The smallest absolute Gasteiger partial charge is 0.241 e. The van der Waals surface area contributed by atoms with Gasteiger partial charge in [0.2, 0.25) is 10.0 Å². The van der Waals surface area contributed by atoms with Crippen molar-refractivity contribution in [3.8, 4) is 0 Å². The molecule has 126 valence electrons. The number of hydrogen-bond donors (Lipinski definition) is 1. The number of rotatable bonds is 6. The molecule has 0 aliphatic heterocycles. The third kappa shape index (κ3) is 3.82. The van der Waals surface area contributed by atoms with Crippen LogP contribution in [0.2, 0.25) is 0 Å². The molecule has 2 aromatic rings. The maximum Gasteiger partial charge on any atom is 0.241 e. The van der Waals surface area contributed by atoms with Gasteiger partial charge in [0.15, 0.2) is 0 Å². The Morgan fingerprint density at radius 2 is 1.78 bits per heavy atom. The number of sulfonamides is 1. The Bertz CT molecular complexity index is 762. The quantitative estimate of drug-likeness (QED) is 0.880. The zero-order valence-corrected chi connectivity index (χ0v) is 15.2. The Hall–Kier alpha value is -1.66. The highest BCUT2D eigenvalue weighted by Crippen LogP contribution is 2.21. The molecule has 1 unspecified atom stereocenters. The summed E-state index contributed by atoms with van der Waals surface area (Å²) in [7, 11) is -3.55. The minimum atomic E-state index is -3.55. The first-order valence-electron chi connectivity index (χ1n) is 7.90. The van der Waals surface area contributed by atoms with Gasteiger partial charge in [-0.1, -0.05) is 26.0 Å². The van der Waals surface area contributed by atoms with Crippen molar-refractivity contribution >= 4 is 10.0 Å². The van der Waals surface area contributed by atoms with Crippen molar-refractivity contribution < 1.29 is 8.42 Å². The molecular formula is C17H25N3O2S. The van der Waals surface area contributed by atoms with Gasteiger partial charge < -0.3 is 0 Å². The molecule has 0 bridgehead atoms.